The van der Waals surface area contributed by atoms with E-state index in [4.69, 9.17) is 17.0 Å². The van der Waals surface area contributed by atoms with Gasteiger partial charge in [-0.15, -0.1) is 0 Å². The first-order valence-corrected chi connectivity index (χ1v) is 2.54. The molecule has 1 aromatic heterocycles. The summed E-state index contributed by atoms with van der Waals surface area (Å²) in [6.07, 6.45) is 0. The summed E-state index contributed by atoms with van der Waals surface area (Å²) in [4.78, 5) is 12.9. The zero-order valence-electron chi connectivity index (χ0n) is 5.34. The third-order valence-corrected chi connectivity index (χ3v) is 0.792. The third kappa shape index (κ3) is 1.66. The quantitative estimate of drug-likeness (QED) is 0.330. The van der Waals surface area contributed by atoms with E-state index in [-0.39, 0.29) is 17.8 Å². The van der Waals surface area contributed by atoms with Crippen LogP contribution in [0.1, 0.15) is 0 Å². The number of anilines is 2. The van der Waals surface area contributed by atoms with Gasteiger partial charge in [0, 0.05) is 4.91 Å². The molecule has 0 aliphatic rings. The molecule has 1 rings (SSSR count). The first-order valence-electron chi connectivity index (χ1n) is 2.54. The van der Waals surface area contributed by atoms with Crippen molar-refractivity contribution in [2.75, 3.05) is 11.5 Å². The van der Waals surface area contributed by atoms with Crippen LogP contribution < -0.4 is 11.5 Å². The normalized spacial score (nSPS) is 8.73. The van der Waals surface area contributed by atoms with E-state index in [0.717, 1.165) is 0 Å². The minimum Gasteiger partial charge on any atom is -0.368 e. The average molecular weight is 152 g/mol. The van der Waals surface area contributed by atoms with E-state index in [1.165, 1.54) is 0 Å². The van der Waals surface area contributed by atoms with E-state index in [0.29, 0.717) is 0 Å². The van der Waals surface area contributed by atoms with Crippen molar-refractivity contribution in [1.29, 1.82) is 0 Å². The molecule has 11 heavy (non-hydrogen) atoms. The van der Waals surface area contributed by atoms with E-state index in [2.05, 4.69) is 25.0 Å². The Morgan fingerprint density at radius 3 is 2.18 bits per heavy atom. The van der Waals surface area contributed by atoms with Crippen LogP contribution in [-0.2, 0) is 0 Å². The maximum atomic E-state index is 7.98. The number of aromatic nitrogens is 3. The van der Waals surface area contributed by atoms with Crippen LogP contribution in [-0.4, -0.2) is 15.0 Å². The summed E-state index contributed by atoms with van der Waals surface area (Å²) in [6, 6.07) is 0. The second kappa shape index (κ2) is 2.67. The van der Waals surface area contributed by atoms with E-state index >= 15 is 0 Å². The smallest absolute Gasteiger partial charge is 0.225 e. The molecule has 0 aromatic carbocycles. The molecule has 1 heterocycles. The van der Waals surface area contributed by atoms with Crippen LogP contribution in [0.5, 0.6) is 0 Å². The van der Waals surface area contributed by atoms with Crippen molar-refractivity contribution in [3.8, 4) is 0 Å². The molecule has 0 bridgehead atoms. The number of hydrogen-bond acceptors (Lipinski definition) is 6. The van der Waals surface area contributed by atoms with Gasteiger partial charge >= 0.3 is 0 Å². The molecule has 8 nitrogen and oxygen atoms in total. The molecule has 0 saturated carbocycles. The minimum atomic E-state index is -0.127. The number of nitrogens with two attached hydrogens (primary N) is 2. The Kier molecular flexibility index (Phi) is 1.71. The lowest BCUT2D eigenvalue weighted by molar-refractivity contribution is 1.06. The highest BCUT2D eigenvalue weighted by Gasteiger charge is 1.96. The Bertz CT molecular complexity index is 291. The Labute approximate surface area is 60.9 Å². The fourth-order valence-corrected chi connectivity index (χ4v) is 0.482. The summed E-state index contributed by atoms with van der Waals surface area (Å²) in [7, 11) is 0. The van der Waals surface area contributed by atoms with Gasteiger partial charge in [-0.2, -0.15) is 15.0 Å². The van der Waals surface area contributed by atoms with Crippen LogP contribution in [0.3, 0.4) is 0 Å². The molecule has 0 spiro atoms. The van der Waals surface area contributed by atoms with Crippen molar-refractivity contribution < 1.29 is 0 Å². The highest BCUT2D eigenvalue weighted by atomic mass is 15.3. The largest absolute Gasteiger partial charge is 0.368 e. The predicted octanol–water partition coefficient (Wildman–Crippen LogP) is -0.0222. The Morgan fingerprint density at radius 2 is 1.73 bits per heavy atom. The van der Waals surface area contributed by atoms with Crippen molar-refractivity contribution in [2.24, 2.45) is 5.11 Å². The minimum absolute atomic E-state index is 0.0695. The zero-order chi connectivity index (χ0) is 8.27. The molecular weight excluding hydrogens is 148 g/mol. The van der Waals surface area contributed by atoms with Crippen molar-refractivity contribution in [3.05, 3.63) is 10.4 Å². The monoisotopic (exact) mass is 152 g/mol. The first-order chi connectivity index (χ1) is 5.22. The van der Waals surface area contributed by atoms with E-state index < -0.39 is 0 Å². The van der Waals surface area contributed by atoms with Gasteiger partial charge in [0.1, 0.15) is 0 Å². The fourth-order valence-electron chi connectivity index (χ4n) is 0.482. The third-order valence-electron chi connectivity index (χ3n) is 0.792. The summed E-state index contributed by atoms with van der Waals surface area (Å²) in [5.74, 6) is -0.266. The molecule has 1 aromatic rings. The van der Waals surface area contributed by atoms with E-state index in [1.807, 2.05) is 0 Å². The van der Waals surface area contributed by atoms with Gasteiger partial charge in [0.2, 0.25) is 17.8 Å². The van der Waals surface area contributed by atoms with E-state index in [1.54, 1.807) is 0 Å². The van der Waals surface area contributed by atoms with Crippen LogP contribution in [0.25, 0.3) is 10.4 Å². The Balaban J connectivity index is 3.18. The molecule has 0 atom stereocenters. The number of azide groups is 1. The average Bonchev–Trinajstić information content (AvgIpc) is 1.85. The molecule has 8 heteroatoms. The van der Waals surface area contributed by atoms with Gasteiger partial charge in [-0.25, -0.2) is 0 Å². The van der Waals surface area contributed by atoms with Gasteiger partial charge in [-0.1, -0.05) is 0 Å². The lowest BCUT2D eigenvalue weighted by atomic mass is 10.8. The molecule has 4 N–H and O–H groups in total. The SMILES string of the molecule is [N-]=[N+]=Nc1nc(N)nc(N)n1. The topological polar surface area (TPSA) is 139 Å². The summed E-state index contributed by atoms with van der Waals surface area (Å²) in [6.45, 7) is 0. The maximum absolute atomic E-state index is 7.98. The number of nitrogens with zero attached hydrogens (tertiary/aromatic N) is 6. The molecule has 0 unspecified atom stereocenters. The Morgan fingerprint density at radius 1 is 1.18 bits per heavy atom. The van der Waals surface area contributed by atoms with Crippen molar-refractivity contribution in [3.63, 3.8) is 0 Å². The predicted molar refractivity (Wildman–Crippen MR) is 37.5 cm³/mol. The van der Waals surface area contributed by atoms with Crippen LogP contribution in [0.4, 0.5) is 17.8 Å². The van der Waals surface area contributed by atoms with E-state index in [9.17, 15) is 0 Å². The van der Waals surface area contributed by atoms with Crippen molar-refractivity contribution in [1.82, 2.24) is 15.0 Å². The molecule has 56 valence electrons. The lowest BCUT2D eigenvalue weighted by Gasteiger charge is -1.93. The molecule has 0 radical (unpaired) electrons. The number of hydrogen-bond donors (Lipinski definition) is 2. The molecule has 0 saturated heterocycles. The Hall–Kier alpha value is -2.08. The standard InChI is InChI=1S/C3H4N8/c4-1-7-2(5)9-3(8-1)10-11-6/h(H4,4,5,7,8,9). The van der Waals surface area contributed by atoms with Crippen molar-refractivity contribution >= 4 is 17.8 Å². The zero-order valence-corrected chi connectivity index (χ0v) is 5.34. The molecule has 0 fully saturated rings. The summed E-state index contributed by atoms with van der Waals surface area (Å²) in [5.41, 5.74) is 18.3. The second-order valence-corrected chi connectivity index (χ2v) is 1.54. The highest BCUT2D eigenvalue weighted by molar-refractivity contribution is 5.32. The van der Waals surface area contributed by atoms with Crippen molar-refractivity contribution in [2.45, 2.75) is 0 Å². The van der Waals surface area contributed by atoms with Gasteiger partial charge in [-0.3, -0.25) is 0 Å². The summed E-state index contributed by atoms with van der Waals surface area (Å²) >= 11 is 0. The highest BCUT2D eigenvalue weighted by Crippen LogP contribution is 2.06. The van der Waals surface area contributed by atoms with Crippen LogP contribution >= 0.6 is 0 Å². The van der Waals surface area contributed by atoms with Crippen LogP contribution in [0, 0.1) is 0 Å². The molecule has 0 amide bonds. The molecular formula is C3H4N8. The van der Waals surface area contributed by atoms with Gasteiger partial charge < -0.3 is 11.5 Å². The fraction of sp³-hybridized carbons (Fsp3) is 0. The van der Waals surface area contributed by atoms with Gasteiger partial charge in [0.15, 0.2) is 0 Å². The summed E-state index contributed by atoms with van der Waals surface area (Å²) < 4.78 is 0. The first kappa shape index (κ1) is 7.03. The van der Waals surface area contributed by atoms with Crippen LogP contribution in [0.2, 0.25) is 0 Å². The number of rotatable bonds is 1. The van der Waals surface area contributed by atoms with Gasteiger partial charge in [0.05, 0.1) is 0 Å². The van der Waals surface area contributed by atoms with Gasteiger partial charge in [-0.05, 0) is 10.6 Å². The van der Waals surface area contributed by atoms with Crippen LogP contribution in [0.15, 0.2) is 5.11 Å². The lowest BCUT2D eigenvalue weighted by Crippen LogP contribution is -2.01. The van der Waals surface area contributed by atoms with Gasteiger partial charge in [0.25, 0.3) is 0 Å². The second-order valence-electron chi connectivity index (χ2n) is 1.54. The molecule has 0 aliphatic carbocycles. The summed E-state index contributed by atoms with van der Waals surface area (Å²) in [5, 5.41) is 3.09. The number of nitrogen functional groups attached to an aromatic ring is 2. The maximum Gasteiger partial charge on any atom is 0.225 e. The molecule has 0 aliphatic heterocycles.